The van der Waals surface area contributed by atoms with Crippen molar-refractivity contribution in [3.05, 3.63) is 11.1 Å². The minimum atomic E-state index is -0.403. The van der Waals surface area contributed by atoms with E-state index in [1.807, 2.05) is 11.8 Å². The molecule has 1 aromatic heterocycles. The molecular formula is C11H18N2OS2. The third-order valence-corrected chi connectivity index (χ3v) is 5.07. The summed E-state index contributed by atoms with van der Waals surface area (Å²) in [5, 5.41) is 11.8. The summed E-state index contributed by atoms with van der Waals surface area (Å²) in [6.45, 7) is 8.42. The molecule has 1 aromatic rings. The van der Waals surface area contributed by atoms with Crippen molar-refractivity contribution in [2.75, 3.05) is 18.0 Å². The molecule has 1 N–H and O–H groups in total. The summed E-state index contributed by atoms with van der Waals surface area (Å²) in [4.78, 5) is 7.69. The first-order valence-corrected chi connectivity index (χ1v) is 7.36. The van der Waals surface area contributed by atoms with E-state index in [1.165, 1.54) is 0 Å². The zero-order valence-electron chi connectivity index (χ0n) is 9.88. The number of hydrogen-bond donors (Lipinski definition) is 1. The van der Waals surface area contributed by atoms with E-state index in [1.54, 1.807) is 24.5 Å². The van der Waals surface area contributed by atoms with Crippen molar-refractivity contribution in [1.82, 2.24) is 4.98 Å². The number of thiazole rings is 1. The Labute approximate surface area is 105 Å². The lowest BCUT2D eigenvalue weighted by atomic mass is 10.3. The standard InChI is InChI=1S/C11H18N2OS2/c1-7-5-13(6-8(2)15-7)11-12-4-10(16-11)9(3)14/h4,7-9,14H,5-6H2,1-3H3. The van der Waals surface area contributed by atoms with Gasteiger partial charge in [-0.15, -0.1) is 0 Å². The average molecular weight is 258 g/mol. The normalized spacial score (nSPS) is 28.1. The van der Waals surface area contributed by atoms with Gasteiger partial charge in [-0.05, 0) is 6.92 Å². The number of rotatable bonds is 2. The molecule has 5 heteroatoms. The van der Waals surface area contributed by atoms with Gasteiger partial charge in [-0.1, -0.05) is 25.2 Å². The maximum atomic E-state index is 9.49. The summed E-state index contributed by atoms with van der Waals surface area (Å²) in [6.07, 6.45) is 1.39. The Morgan fingerprint density at radius 2 is 2.06 bits per heavy atom. The Morgan fingerprint density at radius 3 is 2.56 bits per heavy atom. The van der Waals surface area contributed by atoms with Crippen LogP contribution in [-0.4, -0.2) is 33.7 Å². The molecule has 90 valence electrons. The fourth-order valence-electron chi connectivity index (χ4n) is 1.95. The zero-order chi connectivity index (χ0) is 11.7. The van der Waals surface area contributed by atoms with Gasteiger partial charge in [-0.25, -0.2) is 4.98 Å². The Balaban J connectivity index is 2.10. The number of nitrogens with zero attached hydrogens (tertiary/aromatic N) is 2. The van der Waals surface area contributed by atoms with Gasteiger partial charge in [0.2, 0.25) is 0 Å². The fourth-order valence-corrected chi connectivity index (χ4v) is 4.15. The third-order valence-electron chi connectivity index (χ3n) is 2.61. The second-order valence-corrected chi connectivity index (χ2v) is 7.31. The maximum absolute atomic E-state index is 9.49. The van der Waals surface area contributed by atoms with Crippen LogP contribution in [-0.2, 0) is 0 Å². The molecule has 1 aliphatic heterocycles. The number of aliphatic hydroxyl groups is 1. The highest BCUT2D eigenvalue weighted by Crippen LogP contribution is 2.32. The summed E-state index contributed by atoms with van der Waals surface area (Å²) in [5.74, 6) is 0. The maximum Gasteiger partial charge on any atom is 0.185 e. The van der Waals surface area contributed by atoms with Crippen LogP contribution in [0.4, 0.5) is 5.13 Å². The van der Waals surface area contributed by atoms with Gasteiger partial charge in [0.25, 0.3) is 0 Å². The summed E-state index contributed by atoms with van der Waals surface area (Å²) in [5.41, 5.74) is 0. The predicted molar refractivity (Wildman–Crippen MR) is 71.5 cm³/mol. The van der Waals surface area contributed by atoms with Crippen molar-refractivity contribution in [3.8, 4) is 0 Å². The van der Waals surface area contributed by atoms with Crippen LogP contribution in [0.1, 0.15) is 31.8 Å². The zero-order valence-corrected chi connectivity index (χ0v) is 11.5. The fraction of sp³-hybridized carbons (Fsp3) is 0.727. The van der Waals surface area contributed by atoms with Crippen molar-refractivity contribution in [1.29, 1.82) is 0 Å². The summed E-state index contributed by atoms with van der Waals surface area (Å²) in [6, 6.07) is 0. The molecule has 0 saturated carbocycles. The van der Waals surface area contributed by atoms with Gasteiger partial charge >= 0.3 is 0 Å². The molecule has 3 atom stereocenters. The van der Waals surface area contributed by atoms with E-state index in [0.717, 1.165) is 23.1 Å². The molecule has 16 heavy (non-hydrogen) atoms. The molecule has 1 fully saturated rings. The van der Waals surface area contributed by atoms with Crippen LogP contribution in [0.3, 0.4) is 0 Å². The molecule has 1 aliphatic rings. The monoisotopic (exact) mass is 258 g/mol. The molecule has 0 spiro atoms. The van der Waals surface area contributed by atoms with Crippen LogP contribution < -0.4 is 4.90 Å². The van der Waals surface area contributed by atoms with Gasteiger partial charge < -0.3 is 10.0 Å². The Morgan fingerprint density at radius 1 is 1.44 bits per heavy atom. The minimum Gasteiger partial charge on any atom is -0.388 e. The number of hydrogen-bond acceptors (Lipinski definition) is 5. The van der Waals surface area contributed by atoms with Gasteiger partial charge in [0.05, 0.1) is 11.0 Å². The van der Waals surface area contributed by atoms with Crippen LogP contribution in [0.25, 0.3) is 0 Å². The topological polar surface area (TPSA) is 36.4 Å². The van der Waals surface area contributed by atoms with Crippen molar-refractivity contribution >= 4 is 28.2 Å². The van der Waals surface area contributed by atoms with Gasteiger partial charge in [-0.2, -0.15) is 11.8 Å². The number of thioether (sulfide) groups is 1. The van der Waals surface area contributed by atoms with Crippen molar-refractivity contribution in [2.45, 2.75) is 37.4 Å². The number of anilines is 1. The lowest BCUT2D eigenvalue weighted by Gasteiger charge is -2.34. The van der Waals surface area contributed by atoms with E-state index in [2.05, 4.69) is 23.7 Å². The minimum absolute atomic E-state index is 0.403. The first kappa shape index (κ1) is 12.2. The van der Waals surface area contributed by atoms with Crippen LogP contribution >= 0.6 is 23.1 Å². The smallest absolute Gasteiger partial charge is 0.185 e. The van der Waals surface area contributed by atoms with Crippen LogP contribution in [0.15, 0.2) is 6.20 Å². The predicted octanol–water partition coefficient (Wildman–Crippen LogP) is 2.53. The van der Waals surface area contributed by atoms with Gasteiger partial charge in [-0.3, -0.25) is 0 Å². The van der Waals surface area contributed by atoms with Crippen molar-refractivity contribution < 1.29 is 5.11 Å². The largest absolute Gasteiger partial charge is 0.388 e. The molecule has 2 heterocycles. The van der Waals surface area contributed by atoms with E-state index < -0.39 is 6.10 Å². The first-order valence-electron chi connectivity index (χ1n) is 5.60. The summed E-state index contributed by atoms with van der Waals surface area (Å²) >= 11 is 3.65. The highest BCUT2D eigenvalue weighted by Gasteiger charge is 2.24. The van der Waals surface area contributed by atoms with Gasteiger partial charge in [0.1, 0.15) is 0 Å². The van der Waals surface area contributed by atoms with E-state index in [-0.39, 0.29) is 0 Å². The van der Waals surface area contributed by atoms with E-state index in [0.29, 0.717) is 10.5 Å². The van der Waals surface area contributed by atoms with Crippen LogP contribution in [0.2, 0.25) is 0 Å². The summed E-state index contributed by atoms with van der Waals surface area (Å²) in [7, 11) is 0. The quantitative estimate of drug-likeness (QED) is 0.884. The molecule has 0 radical (unpaired) electrons. The Kier molecular flexibility index (Phi) is 3.77. The highest BCUT2D eigenvalue weighted by molar-refractivity contribution is 8.00. The average Bonchev–Trinajstić information content (AvgIpc) is 2.64. The van der Waals surface area contributed by atoms with Crippen molar-refractivity contribution in [3.63, 3.8) is 0 Å². The third kappa shape index (κ3) is 2.70. The molecule has 0 amide bonds. The SMILES string of the molecule is CC1CN(c2ncc(C(C)O)s2)CC(C)S1. The van der Waals surface area contributed by atoms with Gasteiger partial charge in [0.15, 0.2) is 5.13 Å². The summed E-state index contributed by atoms with van der Waals surface area (Å²) < 4.78 is 0. The van der Waals surface area contributed by atoms with E-state index in [9.17, 15) is 5.11 Å². The molecular weight excluding hydrogens is 240 g/mol. The molecule has 3 nitrogen and oxygen atoms in total. The van der Waals surface area contributed by atoms with Crippen LogP contribution in [0, 0.1) is 0 Å². The van der Waals surface area contributed by atoms with E-state index in [4.69, 9.17) is 0 Å². The van der Waals surface area contributed by atoms with Gasteiger partial charge in [0, 0.05) is 29.8 Å². The highest BCUT2D eigenvalue weighted by atomic mass is 32.2. The van der Waals surface area contributed by atoms with E-state index >= 15 is 0 Å². The number of aliphatic hydroxyl groups excluding tert-OH is 1. The molecule has 2 rings (SSSR count). The Hall–Kier alpha value is -0.260. The molecule has 0 aromatic carbocycles. The molecule has 1 saturated heterocycles. The first-order chi connectivity index (χ1) is 7.56. The lowest BCUT2D eigenvalue weighted by molar-refractivity contribution is 0.203. The lowest BCUT2D eigenvalue weighted by Crippen LogP contribution is -2.40. The second-order valence-electron chi connectivity index (χ2n) is 4.38. The van der Waals surface area contributed by atoms with Crippen LogP contribution in [0.5, 0.6) is 0 Å². The molecule has 0 bridgehead atoms. The molecule has 0 aliphatic carbocycles. The number of aromatic nitrogens is 1. The Bertz CT molecular complexity index is 344. The second kappa shape index (κ2) is 4.94. The molecule has 3 unspecified atom stereocenters. The van der Waals surface area contributed by atoms with Crippen molar-refractivity contribution in [2.24, 2.45) is 0 Å².